The van der Waals surface area contributed by atoms with Crippen molar-refractivity contribution in [2.75, 3.05) is 7.11 Å². The third kappa shape index (κ3) is 4.82. The van der Waals surface area contributed by atoms with Gasteiger partial charge in [0.1, 0.15) is 5.75 Å². The fourth-order valence-electron chi connectivity index (χ4n) is 1.78. The zero-order valence-electron chi connectivity index (χ0n) is 12.8. The van der Waals surface area contributed by atoms with Crippen molar-refractivity contribution in [2.45, 2.75) is 20.4 Å². The van der Waals surface area contributed by atoms with Crippen LogP contribution in [0.25, 0.3) is 0 Å². The number of nitrogens with one attached hydrogen (secondary N) is 2. The normalized spacial score (nSPS) is 11.1. The monoisotopic (exact) mass is 333 g/mol. The Hall–Kier alpha value is -1.92. The molecule has 1 aromatic carbocycles. The number of ether oxygens (including phenoxy) is 1. The number of nitrogens with zero attached hydrogens (tertiary/aromatic N) is 1. The third-order valence-electron chi connectivity index (χ3n) is 3.03. The summed E-state index contributed by atoms with van der Waals surface area (Å²) in [5.41, 5.74) is 4.92. The van der Waals surface area contributed by atoms with Gasteiger partial charge in [0.2, 0.25) is 0 Å². The van der Waals surface area contributed by atoms with Crippen LogP contribution in [0.15, 0.2) is 41.5 Å². The van der Waals surface area contributed by atoms with Gasteiger partial charge < -0.3 is 10.1 Å². The fourth-order valence-corrected chi connectivity index (χ4v) is 2.71. The highest BCUT2D eigenvalue weighted by Crippen LogP contribution is 2.15. The van der Waals surface area contributed by atoms with E-state index in [1.165, 1.54) is 4.88 Å². The molecule has 2 aromatic rings. The molecule has 0 spiro atoms. The lowest BCUT2D eigenvalue weighted by Crippen LogP contribution is -2.32. The van der Waals surface area contributed by atoms with Crippen molar-refractivity contribution >= 4 is 34.4 Å². The van der Waals surface area contributed by atoms with E-state index in [0.717, 1.165) is 21.9 Å². The maximum absolute atomic E-state index is 5.22. The molecule has 0 fully saturated rings. The van der Waals surface area contributed by atoms with Crippen molar-refractivity contribution in [3.05, 3.63) is 51.7 Å². The number of rotatable bonds is 5. The molecule has 0 saturated heterocycles. The van der Waals surface area contributed by atoms with Gasteiger partial charge in [0.15, 0.2) is 5.11 Å². The van der Waals surface area contributed by atoms with E-state index in [2.05, 4.69) is 34.9 Å². The summed E-state index contributed by atoms with van der Waals surface area (Å²) in [6.07, 6.45) is 0. The van der Waals surface area contributed by atoms with Gasteiger partial charge >= 0.3 is 0 Å². The SMILES string of the molecule is COc1ccc(CNC(=S)N/N=C(/C)c2ccc(C)s2)cc1. The van der Waals surface area contributed by atoms with Gasteiger partial charge in [0.25, 0.3) is 0 Å². The number of hydrazone groups is 1. The number of methoxy groups -OCH3 is 1. The van der Waals surface area contributed by atoms with Gasteiger partial charge in [-0.15, -0.1) is 11.3 Å². The first-order chi connectivity index (χ1) is 10.6. The van der Waals surface area contributed by atoms with Crippen LogP contribution in [-0.2, 0) is 6.54 Å². The van der Waals surface area contributed by atoms with Gasteiger partial charge in [0.05, 0.1) is 17.7 Å². The van der Waals surface area contributed by atoms with Crippen molar-refractivity contribution in [1.29, 1.82) is 0 Å². The number of aryl methyl sites for hydroxylation is 1. The van der Waals surface area contributed by atoms with Crippen LogP contribution in [0.4, 0.5) is 0 Å². The molecular weight excluding hydrogens is 314 g/mol. The van der Waals surface area contributed by atoms with Crippen LogP contribution in [0, 0.1) is 6.92 Å². The maximum Gasteiger partial charge on any atom is 0.187 e. The number of thiocarbonyl (C=S) groups is 1. The van der Waals surface area contributed by atoms with Crippen LogP contribution in [0.2, 0.25) is 0 Å². The topological polar surface area (TPSA) is 45.6 Å². The lowest BCUT2D eigenvalue weighted by atomic mass is 10.2. The van der Waals surface area contributed by atoms with Crippen LogP contribution in [0.3, 0.4) is 0 Å². The summed E-state index contributed by atoms with van der Waals surface area (Å²) in [5.74, 6) is 0.843. The van der Waals surface area contributed by atoms with Crippen molar-refractivity contribution in [3.63, 3.8) is 0 Å². The molecule has 6 heteroatoms. The molecule has 116 valence electrons. The van der Waals surface area contributed by atoms with Gasteiger partial charge in [-0.2, -0.15) is 5.10 Å². The molecule has 0 radical (unpaired) electrons. The molecule has 1 aromatic heterocycles. The molecule has 2 N–H and O–H groups in total. The van der Waals surface area contributed by atoms with Gasteiger partial charge in [-0.1, -0.05) is 12.1 Å². The van der Waals surface area contributed by atoms with E-state index in [4.69, 9.17) is 17.0 Å². The molecule has 0 atom stereocenters. The number of hydrogen-bond donors (Lipinski definition) is 2. The Morgan fingerprint density at radius 2 is 1.95 bits per heavy atom. The van der Waals surface area contributed by atoms with Crippen LogP contribution >= 0.6 is 23.6 Å². The molecule has 22 heavy (non-hydrogen) atoms. The Morgan fingerprint density at radius 1 is 1.23 bits per heavy atom. The summed E-state index contributed by atoms with van der Waals surface area (Å²) in [7, 11) is 1.65. The summed E-state index contributed by atoms with van der Waals surface area (Å²) in [6.45, 7) is 4.68. The Bertz CT molecular complexity index is 662. The second kappa shape index (κ2) is 7.91. The maximum atomic E-state index is 5.22. The van der Waals surface area contributed by atoms with Crippen LogP contribution < -0.4 is 15.5 Å². The highest BCUT2D eigenvalue weighted by atomic mass is 32.1. The van der Waals surface area contributed by atoms with Gasteiger partial charge in [-0.3, -0.25) is 5.43 Å². The summed E-state index contributed by atoms with van der Waals surface area (Å²) >= 11 is 6.94. The minimum Gasteiger partial charge on any atom is -0.497 e. The number of hydrogen-bond acceptors (Lipinski definition) is 4. The quantitative estimate of drug-likeness (QED) is 0.500. The second-order valence-electron chi connectivity index (χ2n) is 4.75. The Balaban J connectivity index is 1.82. The highest BCUT2D eigenvalue weighted by Gasteiger charge is 2.01. The molecule has 0 unspecified atom stereocenters. The van der Waals surface area contributed by atoms with Crippen LogP contribution in [-0.4, -0.2) is 17.9 Å². The first kappa shape index (κ1) is 16.5. The van der Waals surface area contributed by atoms with E-state index in [1.54, 1.807) is 18.4 Å². The van der Waals surface area contributed by atoms with Crippen LogP contribution in [0.1, 0.15) is 22.2 Å². The zero-order valence-corrected chi connectivity index (χ0v) is 14.5. The standard InChI is InChI=1S/C16H19N3OS2/c1-11-4-9-15(22-11)12(2)18-19-16(21)17-10-13-5-7-14(20-3)8-6-13/h4-9H,10H2,1-3H3,(H2,17,19,21)/b18-12-. The summed E-state index contributed by atoms with van der Waals surface area (Å²) < 4.78 is 5.13. The molecule has 0 aliphatic heterocycles. The molecule has 0 aliphatic rings. The average molecular weight is 333 g/mol. The lowest BCUT2D eigenvalue weighted by Gasteiger charge is -2.08. The van der Waals surface area contributed by atoms with Crippen molar-refractivity contribution < 1.29 is 4.74 Å². The van der Waals surface area contributed by atoms with E-state index >= 15 is 0 Å². The lowest BCUT2D eigenvalue weighted by molar-refractivity contribution is 0.414. The molecule has 0 amide bonds. The molecule has 4 nitrogen and oxygen atoms in total. The number of thiophene rings is 1. The largest absolute Gasteiger partial charge is 0.497 e. The predicted octanol–water partition coefficient (Wildman–Crippen LogP) is 3.45. The van der Waals surface area contributed by atoms with E-state index in [-0.39, 0.29) is 0 Å². The summed E-state index contributed by atoms with van der Waals surface area (Å²) in [4.78, 5) is 2.41. The minimum absolute atomic E-state index is 0.503. The third-order valence-corrected chi connectivity index (χ3v) is 4.38. The Morgan fingerprint density at radius 3 is 2.55 bits per heavy atom. The van der Waals surface area contributed by atoms with E-state index in [1.807, 2.05) is 31.2 Å². The second-order valence-corrected chi connectivity index (χ2v) is 6.45. The first-order valence-electron chi connectivity index (χ1n) is 6.86. The van der Waals surface area contributed by atoms with Crippen molar-refractivity contribution in [1.82, 2.24) is 10.7 Å². The molecule has 0 saturated carbocycles. The van der Waals surface area contributed by atoms with Gasteiger partial charge in [-0.25, -0.2) is 0 Å². The molecule has 2 rings (SSSR count). The van der Waals surface area contributed by atoms with Gasteiger partial charge in [0, 0.05) is 11.4 Å². The molecule has 0 aliphatic carbocycles. The summed E-state index contributed by atoms with van der Waals surface area (Å²) in [5, 5.41) is 7.93. The molecular formula is C16H19N3OS2. The Kier molecular flexibility index (Phi) is 5.91. The predicted molar refractivity (Wildman–Crippen MR) is 96.8 cm³/mol. The first-order valence-corrected chi connectivity index (χ1v) is 8.09. The number of benzene rings is 1. The molecule has 0 bridgehead atoms. The smallest absolute Gasteiger partial charge is 0.187 e. The van der Waals surface area contributed by atoms with Crippen molar-refractivity contribution in [3.8, 4) is 5.75 Å². The molecule has 1 heterocycles. The van der Waals surface area contributed by atoms with E-state index < -0.39 is 0 Å². The minimum atomic E-state index is 0.503. The van der Waals surface area contributed by atoms with E-state index in [0.29, 0.717) is 11.7 Å². The fraction of sp³-hybridized carbons (Fsp3) is 0.250. The summed E-state index contributed by atoms with van der Waals surface area (Å²) in [6, 6.07) is 12.0. The Labute approximate surface area is 140 Å². The van der Waals surface area contributed by atoms with Gasteiger partial charge in [-0.05, 0) is 55.9 Å². The highest BCUT2D eigenvalue weighted by molar-refractivity contribution is 7.80. The van der Waals surface area contributed by atoms with Crippen molar-refractivity contribution in [2.24, 2.45) is 5.10 Å². The van der Waals surface area contributed by atoms with E-state index in [9.17, 15) is 0 Å². The zero-order chi connectivity index (χ0) is 15.9. The van der Waals surface area contributed by atoms with Crippen LogP contribution in [0.5, 0.6) is 5.75 Å². The average Bonchev–Trinajstić information content (AvgIpc) is 2.97.